The summed E-state index contributed by atoms with van der Waals surface area (Å²) in [7, 11) is 1.57. The number of rotatable bonds is 2. The molecule has 6 nitrogen and oxygen atoms in total. The van der Waals surface area contributed by atoms with Crippen molar-refractivity contribution >= 4 is 23.2 Å². The van der Waals surface area contributed by atoms with Crippen molar-refractivity contribution < 1.29 is 9.59 Å². The first-order valence-corrected chi connectivity index (χ1v) is 7.50. The van der Waals surface area contributed by atoms with Crippen molar-refractivity contribution in [3.05, 3.63) is 59.2 Å². The lowest BCUT2D eigenvalue weighted by molar-refractivity contribution is -0.114. The molecule has 0 aromatic heterocycles. The number of benzene rings is 2. The fraction of sp³-hybridized carbons (Fsp3) is 0.167. The number of carbonyl (C=O) groups excluding carboxylic acids is 2. The third-order valence-corrected chi connectivity index (χ3v) is 3.91. The van der Waals surface area contributed by atoms with Gasteiger partial charge in [-0.2, -0.15) is 5.26 Å². The number of hydrogen-bond acceptors (Lipinski definition) is 4. The molecule has 0 radical (unpaired) electrons. The third kappa shape index (κ3) is 3.06. The van der Waals surface area contributed by atoms with E-state index in [1.54, 1.807) is 37.4 Å². The summed E-state index contributed by atoms with van der Waals surface area (Å²) >= 11 is 0. The molecular weight excluding hydrogens is 304 g/mol. The monoisotopic (exact) mass is 320 g/mol. The molecule has 6 heteroatoms. The molecule has 0 aliphatic carbocycles. The Hall–Kier alpha value is -3.33. The lowest BCUT2D eigenvalue weighted by atomic mass is 10.1. The minimum absolute atomic E-state index is 0.162. The van der Waals surface area contributed by atoms with Crippen LogP contribution in [0.15, 0.2) is 42.5 Å². The molecule has 2 aromatic rings. The number of anilines is 2. The Labute approximate surface area is 139 Å². The molecule has 2 aromatic carbocycles. The van der Waals surface area contributed by atoms with E-state index in [-0.39, 0.29) is 18.4 Å². The van der Waals surface area contributed by atoms with Crippen molar-refractivity contribution in [2.45, 2.75) is 6.54 Å². The Morgan fingerprint density at radius 2 is 2.08 bits per heavy atom. The highest BCUT2D eigenvalue weighted by atomic mass is 16.2. The second kappa shape index (κ2) is 6.42. The topological polar surface area (TPSA) is 85.2 Å². The van der Waals surface area contributed by atoms with Crippen LogP contribution in [0.3, 0.4) is 0 Å². The standard InChI is InChI=1S/C18H16N4O2/c1-20-18(24)13-5-6-14-10-22(11-17(23)21-16(14)8-13)15-4-2-3-12(7-15)9-19/h2-8H,10-11H2,1H3,(H,20,24)(H,21,23). The minimum atomic E-state index is -0.199. The number of amides is 2. The molecule has 0 saturated carbocycles. The maximum atomic E-state index is 12.2. The van der Waals surface area contributed by atoms with Gasteiger partial charge in [0.1, 0.15) is 0 Å². The molecule has 0 bridgehead atoms. The lowest BCUT2D eigenvalue weighted by Gasteiger charge is -2.22. The fourth-order valence-electron chi connectivity index (χ4n) is 2.70. The second-order valence-electron chi connectivity index (χ2n) is 5.52. The molecule has 0 fully saturated rings. The van der Waals surface area contributed by atoms with Crippen LogP contribution in [0.25, 0.3) is 0 Å². The maximum Gasteiger partial charge on any atom is 0.251 e. The van der Waals surface area contributed by atoms with Crippen LogP contribution in [0.4, 0.5) is 11.4 Å². The second-order valence-corrected chi connectivity index (χ2v) is 5.52. The molecule has 0 saturated heterocycles. The molecule has 1 aliphatic heterocycles. The maximum absolute atomic E-state index is 12.2. The van der Waals surface area contributed by atoms with Gasteiger partial charge in [0.25, 0.3) is 5.91 Å². The van der Waals surface area contributed by atoms with Crippen LogP contribution in [0.1, 0.15) is 21.5 Å². The molecular formula is C18H16N4O2. The zero-order valence-corrected chi connectivity index (χ0v) is 13.2. The van der Waals surface area contributed by atoms with E-state index in [0.29, 0.717) is 23.4 Å². The van der Waals surface area contributed by atoms with E-state index in [1.165, 1.54) is 0 Å². The highest BCUT2D eigenvalue weighted by Gasteiger charge is 2.20. The highest BCUT2D eigenvalue weighted by molar-refractivity contribution is 5.99. The number of nitriles is 1. The molecule has 1 aliphatic rings. The molecule has 2 N–H and O–H groups in total. The van der Waals surface area contributed by atoms with Gasteiger partial charge in [0, 0.05) is 30.5 Å². The van der Waals surface area contributed by atoms with E-state index in [1.807, 2.05) is 17.0 Å². The van der Waals surface area contributed by atoms with Crippen LogP contribution in [-0.4, -0.2) is 25.4 Å². The van der Waals surface area contributed by atoms with Gasteiger partial charge in [0.15, 0.2) is 0 Å². The molecule has 3 rings (SSSR count). The van der Waals surface area contributed by atoms with Gasteiger partial charge in [-0.05, 0) is 35.9 Å². The average molecular weight is 320 g/mol. The van der Waals surface area contributed by atoms with Crippen LogP contribution in [0, 0.1) is 11.3 Å². The first-order valence-electron chi connectivity index (χ1n) is 7.50. The number of hydrogen-bond donors (Lipinski definition) is 2. The number of nitrogens with zero attached hydrogens (tertiary/aromatic N) is 2. The Morgan fingerprint density at radius 3 is 2.83 bits per heavy atom. The van der Waals surface area contributed by atoms with Crippen LogP contribution in [0.5, 0.6) is 0 Å². The van der Waals surface area contributed by atoms with Crippen molar-refractivity contribution in [1.82, 2.24) is 5.32 Å². The molecule has 0 unspecified atom stereocenters. The van der Waals surface area contributed by atoms with E-state index in [0.717, 1.165) is 11.3 Å². The van der Waals surface area contributed by atoms with Gasteiger partial charge in [-0.3, -0.25) is 9.59 Å². The summed E-state index contributed by atoms with van der Waals surface area (Å²) in [5.41, 5.74) is 3.41. The zero-order chi connectivity index (χ0) is 17.1. The summed E-state index contributed by atoms with van der Waals surface area (Å²) in [4.78, 5) is 25.9. The summed E-state index contributed by atoms with van der Waals surface area (Å²) in [5, 5.41) is 14.5. The normalized spacial score (nSPS) is 13.3. The SMILES string of the molecule is CNC(=O)c1ccc2c(c1)NC(=O)CN(c1cccc(C#N)c1)C2. The summed E-state index contributed by atoms with van der Waals surface area (Å²) in [6.07, 6.45) is 0. The van der Waals surface area contributed by atoms with Gasteiger partial charge in [-0.25, -0.2) is 0 Å². The van der Waals surface area contributed by atoms with E-state index in [9.17, 15) is 9.59 Å². The van der Waals surface area contributed by atoms with E-state index in [4.69, 9.17) is 5.26 Å². The van der Waals surface area contributed by atoms with Gasteiger partial charge < -0.3 is 15.5 Å². The zero-order valence-electron chi connectivity index (χ0n) is 13.2. The van der Waals surface area contributed by atoms with Gasteiger partial charge in [-0.15, -0.1) is 0 Å². The van der Waals surface area contributed by atoms with Crippen LogP contribution < -0.4 is 15.5 Å². The van der Waals surface area contributed by atoms with Crippen molar-refractivity contribution in [3.8, 4) is 6.07 Å². The summed E-state index contributed by atoms with van der Waals surface area (Å²) in [6, 6.07) is 14.5. The number of fused-ring (bicyclic) bond motifs is 1. The van der Waals surface area contributed by atoms with Crippen molar-refractivity contribution in [2.24, 2.45) is 0 Å². The van der Waals surface area contributed by atoms with Gasteiger partial charge in [-0.1, -0.05) is 12.1 Å². The predicted octanol–water partition coefficient (Wildman–Crippen LogP) is 1.88. The van der Waals surface area contributed by atoms with Gasteiger partial charge >= 0.3 is 0 Å². The lowest BCUT2D eigenvalue weighted by Crippen LogP contribution is -2.29. The molecule has 1 heterocycles. The quantitative estimate of drug-likeness (QED) is 0.884. The largest absolute Gasteiger partial charge is 0.358 e. The molecule has 2 amide bonds. The van der Waals surface area contributed by atoms with E-state index in [2.05, 4.69) is 16.7 Å². The van der Waals surface area contributed by atoms with Crippen molar-refractivity contribution in [3.63, 3.8) is 0 Å². The smallest absolute Gasteiger partial charge is 0.251 e. The Bertz CT molecular complexity index is 854. The number of nitrogens with one attached hydrogen (secondary N) is 2. The van der Waals surface area contributed by atoms with E-state index >= 15 is 0 Å². The molecule has 24 heavy (non-hydrogen) atoms. The number of carbonyl (C=O) groups is 2. The van der Waals surface area contributed by atoms with Crippen molar-refractivity contribution in [1.29, 1.82) is 5.26 Å². The molecule has 120 valence electrons. The Kier molecular flexibility index (Phi) is 4.17. The fourth-order valence-corrected chi connectivity index (χ4v) is 2.70. The van der Waals surface area contributed by atoms with E-state index < -0.39 is 0 Å². The van der Waals surface area contributed by atoms with Crippen molar-refractivity contribution in [2.75, 3.05) is 23.8 Å². The Morgan fingerprint density at radius 1 is 1.25 bits per heavy atom. The summed E-state index contributed by atoms with van der Waals surface area (Å²) in [5.74, 6) is -0.361. The highest BCUT2D eigenvalue weighted by Crippen LogP contribution is 2.26. The Balaban J connectivity index is 1.96. The summed E-state index contributed by atoms with van der Waals surface area (Å²) in [6.45, 7) is 0.690. The minimum Gasteiger partial charge on any atom is -0.358 e. The van der Waals surface area contributed by atoms with Gasteiger partial charge in [0.05, 0.1) is 18.2 Å². The van der Waals surface area contributed by atoms with Crippen LogP contribution in [0.2, 0.25) is 0 Å². The van der Waals surface area contributed by atoms with Crippen LogP contribution >= 0.6 is 0 Å². The predicted molar refractivity (Wildman–Crippen MR) is 90.7 cm³/mol. The third-order valence-electron chi connectivity index (χ3n) is 3.91. The van der Waals surface area contributed by atoms with Gasteiger partial charge in [0.2, 0.25) is 5.91 Å². The van der Waals surface area contributed by atoms with Crippen LogP contribution in [-0.2, 0) is 11.3 Å². The summed E-state index contributed by atoms with van der Waals surface area (Å²) < 4.78 is 0. The first kappa shape index (κ1) is 15.6. The molecule has 0 atom stereocenters. The molecule has 0 spiro atoms. The average Bonchev–Trinajstić information content (AvgIpc) is 2.78. The first-order chi connectivity index (χ1) is 11.6.